The van der Waals surface area contributed by atoms with E-state index in [0.29, 0.717) is 39.7 Å². The second kappa shape index (κ2) is 10.7. The standard InChI is InChI=1S/C19H19BrN2O3.Na/c1-4-12(5-2)11-25-18-15(20)8-14(10-17(18)21-3)16-9-13(19(23)24)6-7-22-16;/h6-10,12H,4-5,11H2,1-2H3,(H,23,24);/q;+1/p-1. The van der Waals surface area contributed by atoms with Gasteiger partial charge in [-0.25, -0.2) is 4.85 Å². The molecule has 0 fully saturated rings. The van der Waals surface area contributed by atoms with Gasteiger partial charge >= 0.3 is 29.6 Å². The van der Waals surface area contributed by atoms with E-state index in [0.717, 1.165) is 12.8 Å². The number of aromatic carboxylic acids is 1. The summed E-state index contributed by atoms with van der Waals surface area (Å²) >= 11 is 3.45. The third-order valence-electron chi connectivity index (χ3n) is 4.05. The van der Waals surface area contributed by atoms with Crippen LogP contribution in [0.15, 0.2) is 34.9 Å². The molecule has 1 aromatic carbocycles. The van der Waals surface area contributed by atoms with Crippen molar-refractivity contribution in [2.24, 2.45) is 5.92 Å². The van der Waals surface area contributed by atoms with Crippen LogP contribution in [0.25, 0.3) is 16.1 Å². The summed E-state index contributed by atoms with van der Waals surface area (Å²) < 4.78 is 6.51. The maximum atomic E-state index is 11.0. The first-order chi connectivity index (χ1) is 12.0. The summed E-state index contributed by atoms with van der Waals surface area (Å²) in [7, 11) is 0. The molecule has 2 aromatic rings. The van der Waals surface area contributed by atoms with Gasteiger partial charge < -0.3 is 14.6 Å². The number of halogens is 1. The van der Waals surface area contributed by atoms with Crippen molar-refractivity contribution in [2.75, 3.05) is 6.61 Å². The summed E-state index contributed by atoms with van der Waals surface area (Å²) in [5.41, 5.74) is 1.49. The maximum Gasteiger partial charge on any atom is 1.00 e. The molecular weight excluding hydrogens is 407 g/mol. The van der Waals surface area contributed by atoms with Crippen molar-refractivity contribution in [1.29, 1.82) is 0 Å². The Morgan fingerprint density at radius 3 is 2.62 bits per heavy atom. The van der Waals surface area contributed by atoms with Crippen LogP contribution in [0.4, 0.5) is 5.69 Å². The Bertz CT molecular complexity index is 817. The number of carboxylic acids is 1. The molecule has 0 amide bonds. The molecule has 0 radical (unpaired) electrons. The minimum absolute atomic E-state index is 0. The molecule has 0 aliphatic carbocycles. The van der Waals surface area contributed by atoms with Gasteiger partial charge in [-0.15, -0.1) is 0 Å². The number of aromatic nitrogens is 1. The van der Waals surface area contributed by atoms with Crippen LogP contribution in [0.1, 0.15) is 37.0 Å². The Kier molecular flexibility index (Phi) is 9.31. The zero-order chi connectivity index (χ0) is 18.4. The van der Waals surface area contributed by atoms with Gasteiger partial charge in [-0.2, -0.15) is 0 Å². The van der Waals surface area contributed by atoms with Crippen molar-refractivity contribution in [3.8, 4) is 17.0 Å². The van der Waals surface area contributed by atoms with Crippen LogP contribution >= 0.6 is 15.9 Å². The molecule has 0 N–H and O–H groups in total. The molecule has 1 heterocycles. The van der Waals surface area contributed by atoms with E-state index in [9.17, 15) is 9.90 Å². The predicted molar refractivity (Wildman–Crippen MR) is 97.5 cm³/mol. The van der Waals surface area contributed by atoms with Crippen molar-refractivity contribution >= 4 is 27.6 Å². The first-order valence-corrected chi connectivity index (χ1v) is 8.81. The van der Waals surface area contributed by atoms with Crippen molar-refractivity contribution in [2.45, 2.75) is 26.7 Å². The third kappa shape index (κ3) is 5.55. The number of ether oxygens (including phenoxy) is 1. The van der Waals surface area contributed by atoms with Gasteiger partial charge in [-0.1, -0.05) is 26.7 Å². The number of benzene rings is 1. The number of carbonyl (C=O) groups excluding carboxylic acids is 1. The van der Waals surface area contributed by atoms with Gasteiger partial charge in [0.2, 0.25) is 5.69 Å². The Hall–Kier alpha value is -1.39. The summed E-state index contributed by atoms with van der Waals surface area (Å²) in [6, 6.07) is 6.23. The summed E-state index contributed by atoms with van der Waals surface area (Å²) in [5.74, 6) is -0.327. The third-order valence-corrected chi connectivity index (χ3v) is 4.64. The van der Waals surface area contributed by atoms with Gasteiger partial charge in [0, 0.05) is 16.2 Å². The van der Waals surface area contributed by atoms with Gasteiger partial charge in [0.25, 0.3) is 0 Å². The molecule has 0 saturated carbocycles. The Morgan fingerprint density at radius 2 is 2.04 bits per heavy atom. The fourth-order valence-corrected chi connectivity index (χ4v) is 2.96. The minimum Gasteiger partial charge on any atom is -0.545 e. The molecule has 5 nitrogen and oxygen atoms in total. The zero-order valence-electron chi connectivity index (χ0n) is 15.1. The molecule has 7 heteroatoms. The summed E-state index contributed by atoms with van der Waals surface area (Å²) in [6.45, 7) is 12.2. The molecular formula is C19H18BrN2NaO3. The molecule has 0 spiro atoms. The van der Waals surface area contributed by atoms with Crippen LogP contribution in [0.2, 0.25) is 0 Å². The molecule has 0 saturated heterocycles. The second-order valence-electron chi connectivity index (χ2n) is 5.63. The van der Waals surface area contributed by atoms with E-state index in [2.05, 4.69) is 39.6 Å². The normalized spacial score (nSPS) is 10.1. The Balaban J connectivity index is 0.00000338. The Morgan fingerprint density at radius 1 is 1.35 bits per heavy atom. The number of pyridine rings is 1. The first kappa shape index (κ1) is 22.7. The van der Waals surface area contributed by atoms with Crippen LogP contribution in [-0.2, 0) is 0 Å². The smallest absolute Gasteiger partial charge is 0.545 e. The van der Waals surface area contributed by atoms with Crippen LogP contribution in [0, 0.1) is 12.5 Å². The summed E-state index contributed by atoms with van der Waals surface area (Å²) in [5, 5.41) is 11.0. The van der Waals surface area contributed by atoms with Crippen molar-refractivity contribution in [3.05, 3.63) is 51.9 Å². The van der Waals surface area contributed by atoms with E-state index < -0.39 is 5.97 Å². The SMILES string of the molecule is [C-]#[N+]c1cc(-c2cc(C(=O)[O-])ccn2)cc(Br)c1OCC(CC)CC.[Na+]. The zero-order valence-corrected chi connectivity index (χ0v) is 18.7. The van der Waals surface area contributed by atoms with Crippen LogP contribution in [0.3, 0.4) is 0 Å². The number of hydrogen-bond acceptors (Lipinski definition) is 4. The average molecular weight is 425 g/mol. The van der Waals surface area contributed by atoms with E-state index in [1.807, 2.05) is 0 Å². The van der Waals surface area contributed by atoms with Crippen molar-refractivity contribution in [1.82, 2.24) is 4.98 Å². The maximum absolute atomic E-state index is 11.0. The topological polar surface area (TPSA) is 66.6 Å². The number of carboxylic acid groups (broad SMARTS) is 1. The van der Waals surface area contributed by atoms with E-state index in [1.165, 1.54) is 18.3 Å². The van der Waals surface area contributed by atoms with E-state index >= 15 is 0 Å². The van der Waals surface area contributed by atoms with Gasteiger partial charge in [0.1, 0.15) is 5.75 Å². The number of carbonyl (C=O) groups is 1. The van der Waals surface area contributed by atoms with E-state index in [-0.39, 0.29) is 35.1 Å². The number of rotatable bonds is 7. The molecule has 0 aliphatic rings. The van der Waals surface area contributed by atoms with Crippen LogP contribution < -0.4 is 39.4 Å². The van der Waals surface area contributed by atoms with Gasteiger partial charge in [-0.05, 0) is 51.7 Å². The molecule has 0 atom stereocenters. The van der Waals surface area contributed by atoms with Gasteiger partial charge in [0.15, 0.2) is 0 Å². The molecule has 0 aliphatic heterocycles. The minimum atomic E-state index is -1.27. The summed E-state index contributed by atoms with van der Waals surface area (Å²) in [6.07, 6.45) is 3.43. The van der Waals surface area contributed by atoms with E-state index in [4.69, 9.17) is 11.3 Å². The average Bonchev–Trinajstić information content (AvgIpc) is 2.63. The fourth-order valence-electron chi connectivity index (χ4n) is 2.39. The first-order valence-electron chi connectivity index (χ1n) is 8.01. The quantitative estimate of drug-likeness (QED) is 0.495. The van der Waals surface area contributed by atoms with Crippen molar-refractivity contribution in [3.63, 3.8) is 0 Å². The van der Waals surface area contributed by atoms with Crippen LogP contribution in [-0.4, -0.2) is 17.6 Å². The second-order valence-corrected chi connectivity index (χ2v) is 6.48. The fraction of sp³-hybridized carbons (Fsp3) is 0.316. The van der Waals surface area contributed by atoms with E-state index in [1.54, 1.807) is 12.1 Å². The monoisotopic (exact) mass is 424 g/mol. The molecule has 26 heavy (non-hydrogen) atoms. The largest absolute Gasteiger partial charge is 1.00 e. The molecule has 130 valence electrons. The van der Waals surface area contributed by atoms with Crippen LogP contribution in [0.5, 0.6) is 5.75 Å². The molecule has 0 bridgehead atoms. The Labute approximate surface area is 184 Å². The van der Waals surface area contributed by atoms with Crippen molar-refractivity contribution < 1.29 is 44.2 Å². The molecule has 1 aromatic heterocycles. The molecule has 2 rings (SSSR count). The summed E-state index contributed by atoms with van der Waals surface area (Å²) in [4.78, 5) is 18.7. The number of hydrogen-bond donors (Lipinski definition) is 0. The predicted octanol–water partition coefficient (Wildman–Crippen LogP) is 1.24. The van der Waals surface area contributed by atoms with Gasteiger partial charge in [-0.3, -0.25) is 4.98 Å². The molecule has 0 unspecified atom stereocenters. The van der Waals surface area contributed by atoms with Gasteiger partial charge in [0.05, 0.1) is 24.8 Å². The number of nitrogens with zero attached hydrogens (tertiary/aromatic N) is 2.